The molecule has 0 fully saturated rings. The van der Waals surface area contributed by atoms with E-state index in [1.807, 2.05) is 26.0 Å². The van der Waals surface area contributed by atoms with Crippen molar-refractivity contribution < 1.29 is 8.83 Å². The molecule has 2 N–H and O–H groups in total. The summed E-state index contributed by atoms with van der Waals surface area (Å²) in [6, 6.07) is 3.57. The molecule has 2 aromatic rings. The van der Waals surface area contributed by atoms with Gasteiger partial charge in [0.05, 0.1) is 18.6 Å². The number of furan rings is 2. The van der Waals surface area contributed by atoms with Crippen LogP contribution in [0.3, 0.4) is 0 Å². The van der Waals surface area contributed by atoms with Crippen LogP contribution in [0.1, 0.15) is 28.7 Å². The van der Waals surface area contributed by atoms with Crippen LogP contribution < -0.4 is 5.73 Å². The minimum Gasteiger partial charge on any atom is -0.472 e. The maximum Gasteiger partial charge on any atom is 0.125 e. The first kappa shape index (κ1) is 9.09. The van der Waals surface area contributed by atoms with E-state index in [9.17, 15) is 0 Å². The lowest BCUT2D eigenvalue weighted by Gasteiger charge is -2.06. The van der Waals surface area contributed by atoms with Gasteiger partial charge < -0.3 is 14.6 Å². The largest absolute Gasteiger partial charge is 0.472 e. The molecule has 0 aliphatic heterocycles. The van der Waals surface area contributed by atoms with Gasteiger partial charge in [-0.2, -0.15) is 0 Å². The van der Waals surface area contributed by atoms with E-state index in [0.29, 0.717) is 0 Å². The number of hydrogen-bond acceptors (Lipinski definition) is 3. The highest BCUT2D eigenvalue weighted by Crippen LogP contribution is 2.24. The fourth-order valence-electron chi connectivity index (χ4n) is 1.46. The lowest BCUT2D eigenvalue weighted by atomic mass is 10.1. The third-order valence-electron chi connectivity index (χ3n) is 2.30. The normalized spacial score (nSPS) is 13.1. The fourth-order valence-corrected chi connectivity index (χ4v) is 1.46. The molecule has 0 aliphatic rings. The second kappa shape index (κ2) is 3.35. The first-order valence-electron chi connectivity index (χ1n) is 4.53. The number of nitrogens with two attached hydrogens (primary N) is 1. The molecule has 0 saturated carbocycles. The first-order valence-corrected chi connectivity index (χ1v) is 4.53. The molecule has 0 spiro atoms. The summed E-state index contributed by atoms with van der Waals surface area (Å²) in [5.41, 5.74) is 8.04. The van der Waals surface area contributed by atoms with E-state index >= 15 is 0 Å². The van der Waals surface area contributed by atoms with Crippen molar-refractivity contribution in [2.75, 3.05) is 0 Å². The molecule has 0 saturated heterocycles. The SMILES string of the molecule is Cc1ccc(C(N)c2cocc2C)o1. The van der Waals surface area contributed by atoms with Crippen LogP contribution in [0.15, 0.2) is 33.5 Å². The first-order chi connectivity index (χ1) is 6.68. The van der Waals surface area contributed by atoms with E-state index in [-0.39, 0.29) is 6.04 Å². The third kappa shape index (κ3) is 1.46. The summed E-state index contributed by atoms with van der Waals surface area (Å²) in [5.74, 6) is 1.64. The summed E-state index contributed by atoms with van der Waals surface area (Å²) in [7, 11) is 0. The van der Waals surface area contributed by atoms with Gasteiger partial charge in [-0.05, 0) is 31.5 Å². The maximum absolute atomic E-state index is 6.02. The van der Waals surface area contributed by atoms with Gasteiger partial charge in [-0.3, -0.25) is 0 Å². The van der Waals surface area contributed by atoms with Gasteiger partial charge in [-0.15, -0.1) is 0 Å². The van der Waals surface area contributed by atoms with Crippen molar-refractivity contribution in [2.45, 2.75) is 19.9 Å². The molecule has 2 aromatic heterocycles. The number of rotatable bonds is 2. The van der Waals surface area contributed by atoms with Gasteiger partial charge >= 0.3 is 0 Å². The molecular formula is C11H13NO2. The molecule has 1 atom stereocenters. The van der Waals surface area contributed by atoms with Crippen LogP contribution >= 0.6 is 0 Å². The lowest BCUT2D eigenvalue weighted by molar-refractivity contribution is 0.463. The van der Waals surface area contributed by atoms with Crippen LogP contribution in [-0.4, -0.2) is 0 Å². The molecule has 0 aliphatic carbocycles. The Morgan fingerprint density at radius 1 is 1.21 bits per heavy atom. The van der Waals surface area contributed by atoms with E-state index in [2.05, 4.69) is 0 Å². The van der Waals surface area contributed by atoms with Crippen molar-refractivity contribution >= 4 is 0 Å². The summed E-state index contributed by atoms with van der Waals surface area (Å²) in [4.78, 5) is 0. The van der Waals surface area contributed by atoms with Crippen LogP contribution in [0.2, 0.25) is 0 Å². The number of hydrogen-bond donors (Lipinski definition) is 1. The molecule has 2 rings (SSSR count). The van der Waals surface area contributed by atoms with Crippen LogP contribution in [0.25, 0.3) is 0 Å². The molecule has 0 radical (unpaired) electrons. The van der Waals surface area contributed by atoms with Crippen molar-refractivity contribution in [1.82, 2.24) is 0 Å². The standard InChI is InChI=1S/C11H13NO2/c1-7-5-13-6-9(7)11(12)10-4-3-8(2)14-10/h3-6,11H,12H2,1-2H3. The van der Waals surface area contributed by atoms with Gasteiger partial charge in [0.15, 0.2) is 0 Å². The Morgan fingerprint density at radius 2 is 2.00 bits per heavy atom. The third-order valence-corrected chi connectivity index (χ3v) is 2.30. The molecule has 3 nitrogen and oxygen atoms in total. The van der Waals surface area contributed by atoms with Crippen molar-refractivity contribution in [3.05, 3.63) is 47.3 Å². The molecular weight excluding hydrogens is 178 g/mol. The Bertz CT molecular complexity index is 428. The smallest absolute Gasteiger partial charge is 0.125 e. The number of aryl methyl sites for hydroxylation is 2. The average Bonchev–Trinajstić information content (AvgIpc) is 2.73. The predicted octanol–water partition coefficient (Wildman–Crippen LogP) is 2.54. The summed E-state index contributed by atoms with van der Waals surface area (Å²) >= 11 is 0. The predicted molar refractivity (Wildman–Crippen MR) is 52.9 cm³/mol. The second-order valence-electron chi connectivity index (χ2n) is 3.44. The van der Waals surface area contributed by atoms with Crippen LogP contribution in [0, 0.1) is 13.8 Å². The molecule has 3 heteroatoms. The monoisotopic (exact) mass is 191 g/mol. The van der Waals surface area contributed by atoms with E-state index in [0.717, 1.165) is 22.6 Å². The topological polar surface area (TPSA) is 52.3 Å². The van der Waals surface area contributed by atoms with Crippen molar-refractivity contribution in [2.24, 2.45) is 5.73 Å². The highest BCUT2D eigenvalue weighted by atomic mass is 16.3. The highest BCUT2D eigenvalue weighted by molar-refractivity contribution is 5.29. The van der Waals surface area contributed by atoms with Gasteiger partial charge in [-0.25, -0.2) is 0 Å². The van der Waals surface area contributed by atoms with Gasteiger partial charge in [0.25, 0.3) is 0 Å². The summed E-state index contributed by atoms with van der Waals surface area (Å²) in [5, 5.41) is 0. The Hall–Kier alpha value is -1.48. The van der Waals surface area contributed by atoms with Gasteiger partial charge in [0.2, 0.25) is 0 Å². The van der Waals surface area contributed by atoms with E-state index in [4.69, 9.17) is 14.6 Å². The fraction of sp³-hybridized carbons (Fsp3) is 0.273. The Labute approximate surface area is 82.5 Å². The van der Waals surface area contributed by atoms with E-state index in [1.54, 1.807) is 12.5 Å². The minimum absolute atomic E-state index is 0.234. The molecule has 0 aromatic carbocycles. The zero-order valence-electron chi connectivity index (χ0n) is 8.28. The van der Waals surface area contributed by atoms with E-state index in [1.165, 1.54) is 0 Å². The Morgan fingerprint density at radius 3 is 2.50 bits per heavy atom. The molecule has 74 valence electrons. The summed E-state index contributed by atoms with van der Waals surface area (Å²) in [6.45, 7) is 3.87. The lowest BCUT2D eigenvalue weighted by Crippen LogP contribution is -2.10. The van der Waals surface area contributed by atoms with Crippen molar-refractivity contribution in [3.63, 3.8) is 0 Å². The Kier molecular flexibility index (Phi) is 2.17. The average molecular weight is 191 g/mol. The molecule has 0 bridgehead atoms. The van der Waals surface area contributed by atoms with Gasteiger partial charge in [0.1, 0.15) is 11.5 Å². The van der Waals surface area contributed by atoms with Crippen LogP contribution in [-0.2, 0) is 0 Å². The van der Waals surface area contributed by atoms with Gasteiger partial charge in [-0.1, -0.05) is 0 Å². The molecule has 1 unspecified atom stereocenters. The maximum atomic E-state index is 6.02. The van der Waals surface area contributed by atoms with Crippen LogP contribution in [0.5, 0.6) is 0 Å². The quantitative estimate of drug-likeness (QED) is 0.793. The summed E-state index contributed by atoms with van der Waals surface area (Å²) < 4.78 is 10.5. The molecule has 0 amide bonds. The van der Waals surface area contributed by atoms with Crippen LogP contribution in [0.4, 0.5) is 0 Å². The summed E-state index contributed by atoms with van der Waals surface area (Å²) in [6.07, 6.45) is 3.35. The molecule has 2 heterocycles. The van der Waals surface area contributed by atoms with E-state index < -0.39 is 0 Å². The van der Waals surface area contributed by atoms with Crippen molar-refractivity contribution in [1.29, 1.82) is 0 Å². The minimum atomic E-state index is -0.234. The zero-order valence-corrected chi connectivity index (χ0v) is 8.28. The molecule has 14 heavy (non-hydrogen) atoms. The zero-order chi connectivity index (χ0) is 10.1. The highest BCUT2D eigenvalue weighted by Gasteiger charge is 2.15. The van der Waals surface area contributed by atoms with Gasteiger partial charge in [0, 0.05) is 5.56 Å². The Balaban J connectivity index is 2.33. The van der Waals surface area contributed by atoms with Crippen molar-refractivity contribution in [3.8, 4) is 0 Å². The second-order valence-corrected chi connectivity index (χ2v) is 3.44.